The van der Waals surface area contributed by atoms with E-state index in [1.165, 1.54) is 13.8 Å². The van der Waals surface area contributed by atoms with Gasteiger partial charge in [-0.3, -0.25) is 0 Å². The third-order valence-corrected chi connectivity index (χ3v) is 5.00. The van der Waals surface area contributed by atoms with Gasteiger partial charge in [-0.15, -0.1) is 0 Å². The first-order valence-electron chi connectivity index (χ1n) is 8.97. The van der Waals surface area contributed by atoms with Gasteiger partial charge in [-0.2, -0.15) is 70.2 Å². The number of rotatable bonds is 8. The van der Waals surface area contributed by atoms with Crippen molar-refractivity contribution in [3.8, 4) is 0 Å². The van der Waals surface area contributed by atoms with E-state index in [2.05, 4.69) is 0 Å². The lowest BCUT2D eigenvalue weighted by Crippen LogP contribution is -2.70. The minimum absolute atomic E-state index is 0.205. The van der Waals surface area contributed by atoms with Crippen LogP contribution < -0.4 is 0 Å². The van der Waals surface area contributed by atoms with E-state index in [-0.39, 0.29) is 17.7 Å². The van der Waals surface area contributed by atoms with Crippen LogP contribution in [0.1, 0.15) is 37.3 Å². The summed E-state index contributed by atoms with van der Waals surface area (Å²) in [6.07, 6.45) is -17.9. The summed E-state index contributed by atoms with van der Waals surface area (Å²) >= 11 is 0. The summed E-state index contributed by atoms with van der Waals surface area (Å²) in [5.74, 6) is -40.0. The Bertz CT molecular complexity index is 881. The molecular weight excluding hydrogens is 536 g/mol. The van der Waals surface area contributed by atoms with Crippen molar-refractivity contribution in [3.63, 3.8) is 0 Å². The molecule has 0 bridgehead atoms. The van der Waals surface area contributed by atoms with E-state index in [1.54, 1.807) is 0 Å². The van der Waals surface area contributed by atoms with Crippen LogP contribution in [-0.2, 0) is 5.60 Å². The Balaban J connectivity index is 3.66. The number of aliphatic hydroxyl groups is 1. The predicted octanol–water partition coefficient (Wildman–Crippen LogP) is 7.69. The largest absolute Gasteiger partial charge is 0.460 e. The Morgan fingerprint density at radius 1 is 0.571 bits per heavy atom. The average Bonchev–Trinajstić information content (AvgIpc) is 2.65. The number of hydrogen-bond acceptors (Lipinski definition) is 1. The summed E-state index contributed by atoms with van der Waals surface area (Å²) in [7, 11) is 0. The number of benzene rings is 1. The molecule has 1 N–H and O–H groups in total. The van der Waals surface area contributed by atoms with Crippen molar-refractivity contribution in [1.29, 1.82) is 0 Å². The topological polar surface area (TPSA) is 20.2 Å². The Labute approximate surface area is 185 Å². The van der Waals surface area contributed by atoms with Gasteiger partial charge < -0.3 is 5.11 Å². The number of hydrogen-bond donors (Lipinski definition) is 1. The van der Waals surface area contributed by atoms with Crippen molar-refractivity contribution in [2.75, 3.05) is 0 Å². The third kappa shape index (κ3) is 4.75. The van der Waals surface area contributed by atoms with Crippen LogP contribution in [0.25, 0.3) is 0 Å². The van der Waals surface area contributed by atoms with Gasteiger partial charge in [-0.1, -0.05) is 38.1 Å². The lowest BCUT2D eigenvalue weighted by atomic mass is 9.82. The standard InChI is InChI=1S/C18H14F16O/c1-8(2)9-3-5-10(6-4-9)11(35,17(29,30)31)7-12(19,20)13(21,22)14(23,24)15(25,26)16(27,28)18(32,33)34/h3-6,8,35H,7H2,1-2H3. The lowest BCUT2D eigenvalue weighted by Gasteiger charge is -2.42. The SMILES string of the molecule is CC(C)c1ccc(C(O)(CC(F)(F)C(F)(F)C(F)(F)C(F)(F)C(F)(F)C(F)(F)F)C(F)(F)F)cc1. The van der Waals surface area contributed by atoms with Gasteiger partial charge in [0.05, 0.1) is 6.42 Å². The molecule has 0 radical (unpaired) electrons. The molecular formula is C18H14F16O. The van der Waals surface area contributed by atoms with Crippen LogP contribution in [0.5, 0.6) is 0 Å². The summed E-state index contributed by atoms with van der Waals surface area (Å²) < 4.78 is 212. The van der Waals surface area contributed by atoms with E-state index in [0.717, 1.165) is 12.1 Å². The molecule has 1 unspecified atom stereocenters. The van der Waals surface area contributed by atoms with Crippen LogP contribution in [0, 0.1) is 0 Å². The highest BCUT2D eigenvalue weighted by Crippen LogP contribution is 2.62. The molecule has 0 fully saturated rings. The first-order chi connectivity index (χ1) is 15.1. The summed E-state index contributed by atoms with van der Waals surface area (Å²) in [5, 5.41) is 9.81. The fourth-order valence-corrected chi connectivity index (χ4v) is 2.74. The second-order valence-electron chi connectivity index (χ2n) is 7.81. The van der Waals surface area contributed by atoms with Gasteiger partial charge in [0.25, 0.3) is 0 Å². The molecule has 0 saturated carbocycles. The molecule has 0 amide bonds. The van der Waals surface area contributed by atoms with Gasteiger partial charge >= 0.3 is 42.0 Å². The van der Waals surface area contributed by atoms with Gasteiger partial charge in [0.15, 0.2) is 5.60 Å². The molecule has 0 heterocycles. The molecule has 17 heteroatoms. The van der Waals surface area contributed by atoms with Gasteiger partial charge in [-0.05, 0) is 17.0 Å². The Morgan fingerprint density at radius 3 is 1.26 bits per heavy atom. The smallest absolute Gasteiger partial charge is 0.376 e. The van der Waals surface area contributed by atoms with Crippen LogP contribution in [0.3, 0.4) is 0 Å². The molecule has 1 atom stereocenters. The maximum atomic E-state index is 14.1. The van der Waals surface area contributed by atoms with E-state index in [4.69, 9.17) is 0 Å². The van der Waals surface area contributed by atoms with E-state index < -0.39 is 65.5 Å². The van der Waals surface area contributed by atoms with Crippen molar-refractivity contribution in [1.82, 2.24) is 0 Å². The zero-order valence-corrected chi connectivity index (χ0v) is 17.1. The molecule has 0 saturated heterocycles. The van der Waals surface area contributed by atoms with Crippen LogP contribution in [0.2, 0.25) is 0 Å². The van der Waals surface area contributed by atoms with Crippen LogP contribution in [-0.4, -0.2) is 47.1 Å². The summed E-state index contributed by atoms with van der Waals surface area (Å²) in [6, 6.07) is 2.09. The van der Waals surface area contributed by atoms with Crippen molar-refractivity contribution in [2.45, 2.75) is 73.8 Å². The highest BCUT2D eigenvalue weighted by Gasteiger charge is 2.91. The van der Waals surface area contributed by atoms with Crippen LogP contribution in [0.15, 0.2) is 24.3 Å². The molecule has 1 rings (SSSR count). The zero-order valence-electron chi connectivity index (χ0n) is 17.1. The van der Waals surface area contributed by atoms with Crippen LogP contribution in [0.4, 0.5) is 70.2 Å². The normalized spacial score (nSPS) is 17.0. The molecule has 1 nitrogen and oxygen atoms in total. The number of halogens is 16. The molecule has 0 aromatic heterocycles. The second-order valence-corrected chi connectivity index (χ2v) is 7.81. The van der Waals surface area contributed by atoms with Gasteiger partial charge in [0.2, 0.25) is 0 Å². The van der Waals surface area contributed by atoms with Gasteiger partial charge in [0, 0.05) is 0 Å². The molecule has 204 valence electrons. The van der Waals surface area contributed by atoms with Crippen molar-refractivity contribution in [3.05, 3.63) is 35.4 Å². The third-order valence-electron chi connectivity index (χ3n) is 5.00. The van der Waals surface area contributed by atoms with Crippen molar-refractivity contribution >= 4 is 0 Å². The molecule has 1 aromatic carbocycles. The van der Waals surface area contributed by atoms with E-state index >= 15 is 0 Å². The van der Waals surface area contributed by atoms with Gasteiger partial charge in [-0.25, -0.2) is 0 Å². The molecule has 0 aliphatic rings. The summed E-state index contributed by atoms with van der Waals surface area (Å²) in [5.41, 5.74) is -6.62. The highest BCUT2D eigenvalue weighted by atomic mass is 19.4. The van der Waals surface area contributed by atoms with Crippen LogP contribution >= 0.6 is 0 Å². The molecule has 0 aliphatic carbocycles. The van der Waals surface area contributed by atoms with Crippen molar-refractivity contribution < 1.29 is 75.4 Å². The fraction of sp³-hybridized carbons (Fsp3) is 0.667. The summed E-state index contributed by atoms with van der Waals surface area (Å²) in [4.78, 5) is 0. The first kappa shape index (κ1) is 31.1. The molecule has 0 spiro atoms. The Kier molecular flexibility index (Phi) is 7.62. The minimum atomic E-state index is -8.27. The maximum absolute atomic E-state index is 14.1. The van der Waals surface area contributed by atoms with E-state index in [1.807, 2.05) is 0 Å². The highest BCUT2D eigenvalue weighted by molar-refractivity contribution is 5.31. The fourth-order valence-electron chi connectivity index (χ4n) is 2.74. The van der Waals surface area contributed by atoms with E-state index in [9.17, 15) is 75.4 Å². The second kappa shape index (κ2) is 8.57. The first-order valence-corrected chi connectivity index (χ1v) is 8.97. The van der Waals surface area contributed by atoms with E-state index in [0.29, 0.717) is 0 Å². The molecule has 35 heavy (non-hydrogen) atoms. The zero-order chi connectivity index (χ0) is 28.3. The average molecular weight is 550 g/mol. The summed E-state index contributed by atoms with van der Waals surface area (Å²) in [6.45, 7) is 2.97. The lowest BCUT2D eigenvalue weighted by molar-refractivity contribution is -0.443. The minimum Gasteiger partial charge on any atom is -0.376 e. The quantitative estimate of drug-likeness (QED) is 0.329. The monoisotopic (exact) mass is 550 g/mol. The number of alkyl halides is 16. The predicted molar refractivity (Wildman–Crippen MR) is 85.9 cm³/mol. The molecule has 1 aromatic rings. The Morgan fingerprint density at radius 2 is 0.943 bits per heavy atom. The molecule has 0 aliphatic heterocycles. The maximum Gasteiger partial charge on any atom is 0.460 e. The van der Waals surface area contributed by atoms with Gasteiger partial charge in [0.1, 0.15) is 0 Å². The van der Waals surface area contributed by atoms with Crippen molar-refractivity contribution in [2.24, 2.45) is 0 Å². The Hall–Kier alpha value is -1.94.